The second-order valence-electron chi connectivity index (χ2n) is 6.27. The lowest BCUT2D eigenvalue weighted by Crippen LogP contribution is -2.27. The Balaban J connectivity index is 2.04. The van der Waals surface area contributed by atoms with Crippen LogP contribution in [-0.2, 0) is 12.0 Å². The molecule has 1 aliphatic carbocycles. The van der Waals surface area contributed by atoms with Gasteiger partial charge < -0.3 is 5.32 Å². The lowest BCUT2D eigenvalue weighted by molar-refractivity contribution is 0.512. The van der Waals surface area contributed by atoms with E-state index in [-0.39, 0.29) is 5.41 Å². The minimum atomic E-state index is 0.244. The molecule has 1 saturated carbocycles. The van der Waals surface area contributed by atoms with Crippen molar-refractivity contribution in [2.75, 3.05) is 0 Å². The van der Waals surface area contributed by atoms with Gasteiger partial charge in [0, 0.05) is 12.6 Å². The van der Waals surface area contributed by atoms with E-state index in [1.54, 1.807) is 0 Å². The van der Waals surface area contributed by atoms with Crippen molar-refractivity contribution in [1.29, 1.82) is 0 Å². The standard InChI is InChI=1S/C16H25N/c1-16(2,3)15-11-7-4-8-13(15)12-17-14-9-5-6-10-14/h4,7-8,11,14,17H,5-6,9-10,12H2,1-3H3. The first-order valence-corrected chi connectivity index (χ1v) is 6.89. The quantitative estimate of drug-likeness (QED) is 0.828. The molecule has 1 nitrogen and oxygen atoms in total. The number of hydrogen-bond donors (Lipinski definition) is 1. The zero-order chi connectivity index (χ0) is 12.3. The van der Waals surface area contributed by atoms with Crippen molar-refractivity contribution in [2.45, 2.75) is 64.5 Å². The lowest BCUT2D eigenvalue weighted by Gasteiger charge is -2.24. The Labute approximate surface area is 106 Å². The van der Waals surface area contributed by atoms with E-state index < -0.39 is 0 Å². The van der Waals surface area contributed by atoms with Crippen LogP contribution in [-0.4, -0.2) is 6.04 Å². The third-order valence-electron chi connectivity index (χ3n) is 3.76. The van der Waals surface area contributed by atoms with Gasteiger partial charge in [-0.2, -0.15) is 0 Å². The van der Waals surface area contributed by atoms with E-state index in [0.717, 1.165) is 12.6 Å². The molecule has 0 atom stereocenters. The largest absolute Gasteiger partial charge is 0.310 e. The van der Waals surface area contributed by atoms with Gasteiger partial charge in [-0.25, -0.2) is 0 Å². The van der Waals surface area contributed by atoms with Crippen molar-refractivity contribution >= 4 is 0 Å². The molecule has 0 aromatic heterocycles. The Kier molecular flexibility index (Phi) is 3.88. The summed E-state index contributed by atoms with van der Waals surface area (Å²) in [6.07, 6.45) is 5.52. The van der Waals surface area contributed by atoms with Gasteiger partial charge in [-0.1, -0.05) is 57.9 Å². The van der Waals surface area contributed by atoms with E-state index in [0.29, 0.717) is 0 Å². The second kappa shape index (κ2) is 5.22. The van der Waals surface area contributed by atoms with Gasteiger partial charge in [-0.3, -0.25) is 0 Å². The summed E-state index contributed by atoms with van der Waals surface area (Å²) in [6.45, 7) is 7.91. The van der Waals surface area contributed by atoms with E-state index in [4.69, 9.17) is 0 Å². The molecule has 0 saturated heterocycles. The molecule has 1 aromatic carbocycles. The molecule has 0 unspecified atom stereocenters. The number of nitrogens with one attached hydrogen (secondary N) is 1. The molecule has 1 aromatic rings. The van der Waals surface area contributed by atoms with Crippen molar-refractivity contribution in [3.05, 3.63) is 35.4 Å². The summed E-state index contributed by atoms with van der Waals surface area (Å²) >= 11 is 0. The minimum absolute atomic E-state index is 0.244. The van der Waals surface area contributed by atoms with Crippen LogP contribution in [0.5, 0.6) is 0 Å². The monoisotopic (exact) mass is 231 g/mol. The molecule has 2 rings (SSSR count). The summed E-state index contributed by atoms with van der Waals surface area (Å²) in [4.78, 5) is 0. The first-order valence-electron chi connectivity index (χ1n) is 6.89. The number of hydrogen-bond acceptors (Lipinski definition) is 1. The van der Waals surface area contributed by atoms with Gasteiger partial charge in [-0.15, -0.1) is 0 Å². The molecule has 94 valence electrons. The number of rotatable bonds is 3. The van der Waals surface area contributed by atoms with Crippen molar-refractivity contribution in [2.24, 2.45) is 0 Å². The molecule has 17 heavy (non-hydrogen) atoms. The van der Waals surface area contributed by atoms with Gasteiger partial charge >= 0.3 is 0 Å². The summed E-state index contributed by atoms with van der Waals surface area (Å²) in [6, 6.07) is 9.59. The predicted octanol–water partition coefficient (Wildman–Crippen LogP) is 4.02. The smallest absolute Gasteiger partial charge is 0.0211 e. The van der Waals surface area contributed by atoms with Gasteiger partial charge in [-0.05, 0) is 29.4 Å². The Morgan fingerprint density at radius 2 is 1.76 bits per heavy atom. The summed E-state index contributed by atoms with van der Waals surface area (Å²) in [5, 5.41) is 3.71. The van der Waals surface area contributed by atoms with Crippen molar-refractivity contribution in [1.82, 2.24) is 5.32 Å². The molecule has 0 bridgehead atoms. The topological polar surface area (TPSA) is 12.0 Å². The van der Waals surface area contributed by atoms with Crippen LogP contribution in [0.4, 0.5) is 0 Å². The molecule has 1 heteroatoms. The normalized spacial score (nSPS) is 17.6. The van der Waals surface area contributed by atoms with Crippen LogP contribution in [0.15, 0.2) is 24.3 Å². The SMILES string of the molecule is CC(C)(C)c1ccccc1CNC1CCCC1. The lowest BCUT2D eigenvalue weighted by atomic mass is 9.84. The zero-order valence-electron chi connectivity index (χ0n) is 11.4. The second-order valence-corrected chi connectivity index (χ2v) is 6.27. The van der Waals surface area contributed by atoms with Crippen LogP contribution in [0.25, 0.3) is 0 Å². The molecule has 0 spiro atoms. The van der Waals surface area contributed by atoms with E-state index in [2.05, 4.69) is 50.4 Å². The number of benzene rings is 1. The van der Waals surface area contributed by atoms with Crippen LogP contribution in [0, 0.1) is 0 Å². The van der Waals surface area contributed by atoms with Gasteiger partial charge in [0.1, 0.15) is 0 Å². The highest BCUT2D eigenvalue weighted by Crippen LogP contribution is 2.26. The summed E-state index contributed by atoms with van der Waals surface area (Å²) in [5.41, 5.74) is 3.19. The molecule has 1 N–H and O–H groups in total. The highest BCUT2D eigenvalue weighted by Gasteiger charge is 2.19. The summed E-state index contributed by atoms with van der Waals surface area (Å²) < 4.78 is 0. The van der Waals surface area contributed by atoms with Crippen LogP contribution in [0.3, 0.4) is 0 Å². The third-order valence-corrected chi connectivity index (χ3v) is 3.76. The predicted molar refractivity (Wildman–Crippen MR) is 74.2 cm³/mol. The highest BCUT2D eigenvalue weighted by molar-refractivity contribution is 5.32. The minimum Gasteiger partial charge on any atom is -0.310 e. The van der Waals surface area contributed by atoms with Crippen LogP contribution < -0.4 is 5.32 Å². The Bertz CT molecular complexity index is 356. The summed E-state index contributed by atoms with van der Waals surface area (Å²) in [7, 11) is 0. The van der Waals surface area contributed by atoms with Crippen LogP contribution in [0.1, 0.15) is 57.6 Å². The fourth-order valence-corrected chi connectivity index (χ4v) is 2.79. The molecule has 0 amide bonds. The highest BCUT2D eigenvalue weighted by atomic mass is 14.9. The molecular weight excluding hydrogens is 206 g/mol. The molecule has 0 aliphatic heterocycles. The van der Waals surface area contributed by atoms with Gasteiger partial charge in [0.2, 0.25) is 0 Å². The summed E-state index contributed by atoms with van der Waals surface area (Å²) in [5.74, 6) is 0. The Hall–Kier alpha value is -0.820. The van der Waals surface area contributed by atoms with Gasteiger partial charge in [0.05, 0.1) is 0 Å². The first kappa shape index (κ1) is 12.6. The maximum absolute atomic E-state index is 3.71. The van der Waals surface area contributed by atoms with Gasteiger partial charge in [0.25, 0.3) is 0 Å². The molecule has 0 radical (unpaired) electrons. The first-order chi connectivity index (χ1) is 8.07. The van der Waals surface area contributed by atoms with E-state index in [1.165, 1.54) is 36.8 Å². The van der Waals surface area contributed by atoms with Crippen molar-refractivity contribution < 1.29 is 0 Å². The van der Waals surface area contributed by atoms with E-state index in [9.17, 15) is 0 Å². The molecular formula is C16H25N. The fraction of sp³-hybridized carbons (Fsp3) is 0.625. The third kappa shape index (κ3) is 3.32. The Morgan fingerprint density at radius 3 is 2.41 bits per heavy atom. The van der Waals surface area contributed by atoms with Gasteiger partial charge in [0.15, 0.2) is 0 Å². The van der Waals surface area contributed by atoms with E-state index >= 15 is 0 Å². The zero-order valence-corrected chi connectivity index (χ0v) is 11.4. The van der Waals surface area contributed by atoms with E-state index in [1.807, 2.05) is 0 Å². The van der Waals surface area contributed by atoms with Crippen LogP contribution in [0.2, 0.25) is 0 Å². The van der Waals surface area contributed by atoms with Crippen molar-refractivity contribution in [3.63, 3.8) is 0 Å². The molecule has 1 fully saturated rings. The average molecular weight is 231 g/mol. The Morgan fingerprint density at radius 1 is 1.12 bits per heavy atom. The molecule has 0 heterocycles. The average Bonchev–Trinajstić information content (AvgIpc) is 2.78. The molecule has 1 aliphatic rings. The van der Waals surface area contributed by atoms with Crippen LogP contribution >= 0.6 is 0 Å². The fourth-order valence-electron chi connectivity index (χ4n) is 2.79. The van der Waals surface area contributed by atoms with Crippen molar-refractivity contribution in [3.8, 4) is 0 Å². The maximum atomic E-state index is 3.71. The maximum Gasteiger partial charge on any atom is 0.0211 e.